The fourth-order valence-corrected chi connectivity index (χ4v) is 1.51. The summed E-state index contributed by atoms with van der Waals surface area (Å²) in [5.74, 6) is 0.334. The Balaban J connectivity index is 2.53. The van der Waals surface area contributed by atoms with Gasteiger partial charge in [0, 0.05) is 0 Å². The normalized spacial score (nSPS) is 9.75. The maximum atomic E-state index is 10.8. The summed E-state index contributed by atoms with van der Waals surface area (Å²) in [7, 11) is 0. The van der Waals surface area contributed by atoms with Gasteiger partial charge in [0.15, 0.2) is 12.0 Å². The maximum absolute atomic E-state index is 10.8. The molecule has 4 heteroatoms. The van der Waals surface area contributed by atoms with Crippen LogP contribution in [-0.2, 0) is 4.79 Å². The van der Waals surface area contributed by atoms with Gasteiger partial charge in [0.05, 0.1) is 5.56 Å². The number of hydrogen-bond acceptors (Lipinski definition) is 3. The minimum absolute atomic E-state index is 0.334. The summed E-state index contributed by atoms with van der Waals surface area (Å²) in [6.07, 6.45) is 1.10. The number of benzene rings is 2. The molecular weight excluding hydrogens is 206 g/mol. The lowest BCUT2D eigenvalue weighted by molar-refractivity contribution is -0.115. The Morgan fingerprint density at radius 2 is 1.75 bits per heavy atom. The summed E-state index contributed by atoms with van der Waals surface area (Å²) in [4.78, 5) is 25.9. The molecule has 2 aromatic rings. The molecule has 0 aliphatic carbocycles. The van der Waals surface area contributed by atoms with Gasteiger partial charge in [-0.15, -0.1) is 0 Å². The van der Waals surface area contributed by atoms with Crippen LogP contribution in [0.3, 0.4) is 0 Å². The molecule has 0 heterocycles. The van der Waals surface area contributed by atoms with Gasteiger partial charge in [-0.25, -0.2) is 0 Å². The SMILES string of the molecule is O=CNOc1cc2ccccc2cc1C=O. The Bertz CT molecular complexity index is 537. The van der Waals surface area contributed by atoms with Crippen molar-refractivity contribution in [3.63, 3.8) is 0 Å². The van der Waals surface area contributed by atoms with Gasteiger partial charge in [-0.3, -0.25) is 9.59 Å². The molecule has 0 unspecified atom stereocenters. The molecule has 0 bridgehead atoms. The van der Waals surface area contributed by atoms with E-state index >= 15 is 0 Å². The van der Waals surface area contributed by atoms with Crippen LogP contribution in [0.15, 0.2) is 36.4 Å². The van der Waals surface area contributed by atoms with Gasteiger partial charge in [0.25, 0.3) is 0 Å². The lowest BCUT2D eigenvalue weighted by atomic mass is 10.1. The number of aldehydes is 1. The van der Waals surface area contributed by atoms with Crippen LogP contribution in [0.1, 0.15) is 10.4 Å². The van der Waals surface area contributed by atoms with Crippen LogP contribution in [0.4, 0.5) is 0 Å². The van der Waals surface area contributed by atoms with E-state index in [0.717, 1.165) is 10.8 Å². The van der Waals surface area contributed by atoms with Crippen molar-refractivity contribution < 1.29 is 14.4 Å². The fourth-order valence-electron chi connectivity index (χ4n) is 1.51. The third-order valence-electron chi connectivity index (χ3n) is 2.22. The monoisotopic (exact) mass is 215 g/mol. The summed E-state index contributed by atoms with van der Waals surface area (Å²) in [6.45, 7) is 0. The van der Waals surface area contributed by atoms with Gasteiger partial charge in [-0.05, 0) is 22.9 Å². The molecule has 16 heavy (non-hydrogen) atoms. The minimum Gasteiger partial charge on any atom is -0.379 e. The predicted molar refractivity (Wildman–Crippen MR) is 59.2 cm³/mol. The maximum Gasteiger partial charge on any atom is 0.239 e. The van der Waals surface area contributed by atoms with Crippen molar-refractivity contribution in [2.45, 2.75) is 0 Å². The summed E-state index contributed by atoms with van der Waals surface area (Å²) in [5.41, 5.74) is 2.46. The standard InChI is InChI=1S/C12H9NO3/c14-7-11-5-9-3-1-2-4-10(9)6-12(11)16-13-8-15/h1-8H,(H,13,15). The lowest BCUT2D eigenvalue weighted by Crippen LogP contribution is -2.16. The van der Waals surface area contributed by atoms with Crippen molar-refractivity contribution in [3.05, 3.63) is 42.0 Å². The average molecular weight is 215 g/mol. The fraction of sp³-hybridized carbons (Fsp3) is 0. The number of nitrogens with one attached hydrogen (secondary N) is 1. The quantitative estimate of drug-likeness (QED) is 0.623. The Morgan fingerprint density at radius 1 is 1.06 bits per heavy atom. The minimum atomic E-state index is 0.334. The second-order valence-electron chi connectivity index (χ2n) is 3.19. The molecule has 0 aromatic heterocycles. The van der Waals surface area contributed by atoms with E-state index < -0.39 is 0 Å². The molecule has 0 saturated heterocycles. The highest BCUT2D eigenvalue weighted by Crippen LogP contribution is 2.24. The van der Waals surface area contributed by atoms with Crippen LogP contribution >= 0.6 is 0 Å². The molecule has 1 amide bonds. The van der Waals surface area contributed by atoms with E-state index in [4.69, 9.17) is 4.84 Å². The van der Waals surface area contributed by atoms with Gasteiger partial charge in [-0.1, -0.05) is 24.3 Å². The Labute approximate surface area is 91.8 Å². The van der Waals surface area contributed by atoms with Gasteiger partial charge in [0.1, 0.15) is 0 Å². The van der Waals surface area contributed by atoms with E-state index in [9.17, 15) is 9.59 Å². The van der Waals surface area contributed by atoms with E-state index in [1.165, 1.54) is 0 Å². The second kappa shape index (κ2) is 4.44. The smallest absolute Gasteiger partial charge is 0.239 e. The summed E-state index contributed by atoms with van der Waals surface area (Å²) >= 11 is 0. The van der Waals surface area contributed by atoms with E-state index in [1.807, 2.05) is 24.3 Å². The van der Waals surface area contributed by atoms with Crippen molar-refractivity contribution in [2.24, 2.45) is 0 Å². The van der Waals surface area contributed by atoms with Gasteiger partial charge >= 0.3 is 0 Å². The first-order valence-corrected chi connectivity index (χ1v) is 4.69. The van der Waals surface area contributed by atoms with Crippen molar-refractivity contribution in [3.8, 4) is 5.75 Å². The van der Waals surface area contributed by atoms with Gasteiger partial charge in [-0.2, -0.15) is 5.48 Å². The van der Waals surface area contributed by atoms with E-state index in [2.05, 4.69) is 5.48 Å². The van der Waals surface area contributed by atoms with Crippen molar-refractivity contribution >= 4 is 23.5 Å². The molecule has 80 valence electrons. The Morgan fingerprint density at radius 3 is 2.38 bits per heavy atom. The molecule has 0 spiro atoms. The molecule has 1 N–H and O–H groups in total. The zero-order chi connectivity index (χ0) is 11.4. The van der Waals surface area contributed by atoms with Crippen LogP contribution < -0.4 is 10.3 Å². The number of amides is 1. The van der Waals surface area contributed by atoms with Crippen LogP contribution in [0.5, 0.6) is 5.75 Å². The molecule has 2 rings (SSSR count). The second-order valence-corrected chi connectivity index (χ2v) is 3.19. The molecule has 4 nitrogen and oxygen atoms in total. The topological polar surface area (TPSA) is 55.4 Å². The number of carbonyl (C=O) groups excluding carboxylic acids is 2. The van der Waals surface area contributed by atoms with Crippen molar-refractivity contribution in [1.29, 1.82) is 0 Å². The number of fused-ring (bicyclic) bond motifs is 1. The Hall–Kier alpha value is -2.36. The van der Waals surface area contributed by atoms with E-state index in [-0.39, 0.29) is 0 Å². The van der Waals surface area contributed by atoms with Crippen molar-refractivity contribution in [2.75, 3.05) is 0 Å². The van der Waals surface area contributed by atoms with Crippen LogP contribution in [-0.4, -0.2) is 12.7 Å². The highest BCUT2D eigenvalue weighted by Gasteiger charge is 2.05. The zero-order valence-electron chi connectivity index (χ0n) is 8.34. The molecule has 0 fully saturated rings. The first kappa shape index (κ1) is 10.2. The molecule has 2 aromatic carbocycles. The molecule has 0 saturated carbocycles. The van der Waals surface area contributed by atoms with Crippen LogP contribution in [0, 0.1) is 0 Å². The van der Waals surface area contributed by atoms with Crippen molar-refractivity contribution in [1.82, 2.24) is 5.48 Å². The van der Waals surface area contributed by atoms with E-state index in [0.29, 0.717) is 24.0 Å². The molecule has 0 radical (unpaired) electrons. The first-order valence-electron chi connectivity index (χ1n) is 4.69. The van der Waals surface area contributed by atoms with E-state index in [1.54, 1.807) is 12.1 Å². The third kappa shape index (κ3) is 1.86. The summed E-state index contributed by atoms with van der Waals surface area (Å²) in [6, 6.07) is 11.0. The average Bonchev–Trinajstić information content (AvgIpc) is 2.35. The molecule has 0 aliphatic rings. The third-order valence-corrected chi connectivity index (χ3v) is 2.22. The van der Waals surface area contributed by atoms with Crippen LogP contribution in [0.2, 0.25) is 0 Å². The summed E-state index contributed by atoms with van der Waals surface area (Å²) in [5, 5.41) is 1.89. The predicted octanol–water partition coefficient (Wildman–Crippen LogP) is 1.69. The largest absolute Gasteiger partial charge is 0.379 e. The molecule has 0 aliphatic heterocycles. The van der Waals surface area contributed by atoms with Gasteiger partial charge in [0.2, 0.25) is 6.41 Å². The zero-order valence-corrected chi connectivity index (χ0v) is 8.34. The lowest BCUT2D eigenvalue weighted by Gasteiger charge is -2.07. The molecular formula is C12H9NO3. The number of rotatable bonds is 4. The Kier molecular flexibility index (Phi) is 2.82. The number of carbonyl (C=O) groups is 2. The first-order chi connectivity index (χ1) is 7.85. The number of hydrogen-bond donors (Lipinski definition) is 1. The highest BCUT2D eigenvalue weighted by atomic mass is 16.7. The van der Waals surface area contributed by atoms with Gasteiger partial charge < -0.3 is 4.84 Å². The van der Waals surface area contributed by atoms with Crippen LogP contribution in [0.25, 0.3) is 10.8 Å². The number of hydroxylamine groups is 1. The highest BCUT2D eigenvalue weighted by molar-refractivity contribution is 5.92. The molecule has 0 atom stereocenters. The summed E-state index contributed by atoms with van der Waals surface area (Å²) < 4.78 is 0.